The summed E-state index contributed by atoms with van der Waals surface area (Å²) >= 11 is 0. The van der Waals surface area contributed by atoms with Crippen LogP contribution in [0.15, 0.2) is 54.7 Å². The van der Waals surface area contributed by atoms with Crippen LogP contribution in [0.25, 0.3) is 5.65 Å². The Balaban J connectivity index is 1.61. The van der Waals surface area contributed by atoms with Gasteiger partial charge in [0, 0.05) is 6.20 Å². The fourth-order valence-electron chi connectivity index (χ4n) is 3.55. The van der Waals surface area contributed by atoms with E-state index in [2.05, 4.69) is 10.3 Å². The van der Waals surface area contributed by atoms with Crippen LogP contribution < -0.4 is 10.1 Å². The van der Waals surface area contributed by atoms with Gasteiger partial charge in [0.2, 0.25) is 0 Å². The van der Waals surface area contributed by atoms with Crippen LogP contribution in [-0.4, -0.2) is 27.0 Å². The number of nitrogens with zero attached hydrogens (tertiary/aromatic N) is 2. The fourth-order valence-corrected chi connectivity index (χ4v) is 3.55. The van der Waals surface area contributed by atoms with Crippen molar-refractivity contribution >= 4 is 11.6 Å². The van der Waals surface area contributed by atoms with Crippen molar-refractivity contribution in [1.29, 1.82) is 0 Å². The minimum atomic E-state index is -1.35. The molecule has 0 saturated heterocycles. The van der Waals surface area contributed by atoms with Gasteiger partial charge >= 0.3 is 0 Å². The molecule has 0 aliphatic carbocycles. The normalized spacial score (nSPS) is 12.1. The van der Waals surface area contributed by atoms with Crippen LogP contribution in [-0.2, 0) is 6.61 Å². The molecule has 2 N–H and O–H groups in total. The van der Waals surface area contributed by atoms with E-state index in [9.17, 15) is 27.5 Å². The number of pyridine rings is 1. The lowest BCUT2D eigenvalue weighted by Gasteiger charge is -2.17. The number of carbonyl (C=O) groups excluding carboxylic acids is 1. The number of imidazole rings is 1. The first kappa shape index (κ1) is 23.2. The van der Waals surface area contributed by atoms with Crippen molar-refractivity contribution in [3.8, 4) is 5.75 Å². The highest BCUT2D eigenvalue weighted by Gasteiger charge is 2.23. The second kappa shape index (κ2) is 9.52. The Kier molecular flexibility index (Phi) is 6.51. The molecule has 4 rings (SSSR count). The lowest BCUT2D eigenvalue weighted by atomic mass is 10.1. The van der Waals surface area contributed by atoms with Crippen LogP contribution in [0.5, 0.6) is 5.75 Å². The zero-order chi connectivity index (χ0) is 24.4. The van der Waals surface area contributed by atoms with Gasteiger partial charge in [-0.25, -0.2) is 22.5 Å². The Bertz CT molecular complexity index is 1360. The summed E-state index contributed by atoms with van der Waals surface area (Å²) in [6.07, 6.45) is 1.55. The molecular formula is C24H19F4N3O3. The molecule has 2 aromatic heterocycles. The zero-order valence-corrected chi connectivity index (χ0v) is 17.9. The highest BCUT2D eigenvalue weighted by Crippen LogP contribution is 2.25. The summed E-state index contributed by atoms with van der Waals surface area (Å²) < 4.78 is 61.5. The first-order valence-electron chi connectivity index (χ1n) is 10.2. The topological polar surface area (TPSA) is 75.9 Å². The number of aliphatic hydroxyl groups is 1. The third kappa shape index (κ3) is 4.44. The van der Waals surface area contributed by atoms with E-state index in [1.165, 1.54) is 34.7 Å². The smallest absolute Gasteiger partial charge is 0.270 e. The lowest BCUT2D eigenvalue weighted by molar-refractivity contribution is 0.0909. The number of halogens is 4. The third-order valence-electron chi connectivity index (χ3n) is 5.27. The van der Waals surface area contributed by atoms with Crippen molar-refractivity contribution in [3.05, 3.63) is 101 Å². The molecule has 4 aromatic rings. The molecule has 1 atom stereocenters. The number of hydrogen-bond acceptors (Lipinski definition) is 4. The summed E-state index contributed by atoms with van der Waals surface area (Å²) in [5.41, 5.74) is 0.599. The second-order valence-corrected chi connectivity index (χ2v) is 7.48. The predicted molar refractivity (Wildman–Crippen MR) is 114 cm³/mol. The van der Waals surface area contributed by atoms with Crippen LogP contribution in [0.4, 0.5) is 17.6 Å². The van der Waals surface area contributed by atoms with E-state index in [0.29, 0.717) is 17.3 Å². The molecule has 0 aliphatic heterocycles. The summed E-state index contributed by atoms with van der Waals surface area (Å²) in [6.45, 7) is 0.565. The van der Waals surface area contributed by atoms with Gasteiger partial charge in [-0.2, -0.15) is 0 Å². The van der Waals surface area contributed by atoms with Crippen molar-refractivity contribution in [2.75, 3.05) is 6.61 Å². The number of hydrogen-bond donors (Lipinski definition) is 2. The van der Waals surface area contributed by atoms with Crippen LogP contribution in [0.3, 0.4) is 0 Å². The van der Waals surface area contributed by atoms with Crippen LogP contribution >= 0.6 is 0 Å². The average molecular weight is 473 g/mol. The van der Waals surface area contributed by atoms with Gasteiger partial charge in [-0.05, 0) is 48.9 Å². The van der Waals surface area contributed by atoms with Gasteiger partial charge in [-0.15, -0.1) is 0 Å². The monoisotopic (exact) mass is 473 g/mol. The highest BCUT2D eigenvalue weighted by molar-refractivity contribution is 5.95. The van der Waals surface area contributed by atoms with Crippen molar-refractivity contribution < 1.29 is 32.2 Å². The molecule has 1 amide bonds. The van der Waals surface area contributed by atoms with E-state index < -0.39 is 54.0 Å². The van der Waals surface area contributed by atoms with Gasteiger partial charge in [0.1, 0.15) is 23.9 Å². The second-order valence-electron chi connectivity index (χ2n) is 7.48. The van der Waals surface area contributed by atoms with Gasteiger partial charge in [0.25, 0.3) is 5.91 Å². The first-order chi connectivity index (χ1) is 16.3. The molecule has 0 radical (unpaired) electrons. The number of fused-ring (bicyclic) bond motifs is 1. The van der Waals surface area contributed by atoms with Crippen molar-refractivity contribution in [3.63, 3.8) is 0 Å². The number of nitrogens with one attached hydrogen (secondary N) is 1. The first-order valence-corrected chi connectivity index (χ1v) is 10.2. The van der Waals surface area contributed by atoms with E-state index >= 15 is 0 Å². The molecule has 10 heteroatoms. The minimum Gasteiger partial charge on any atom is -0.485 e. The quantitative estimate of drug-likeness (QED) is 0.311. The van der Waals surface area contributed by atoms with Crippen LogP contribution in [0.2, 0.25) is 0 Å². The minimum absolute atomic E-state index is 0.116. The Hall–Kier alpha value is -3.92. The Morgan fingerprint density at radius 3 is 2.50 bits per heavy atom. The van der Waals surface area contributed by atoms with Gasteiger partial charge in [-0.1, -0.05) is 12.1 Å². The van der Waals surface area contributed by atoms with Gasteiger partial charge in [-0.3, -0.25) is 9.20 Å². The Labute approximate surface area is 191 Å². The number of ether oxygens (including phenoxy) is 1. The number of amides is 1. The summed E-state index contributed by atoms with van der Waals surface area (Å²) in [5.74, 6) is -4.40. The number of carbonyl (C=O) groups is 1. The molecule has 0 fully saturated rings. The predicted octanol–water partition coefficient (Wildman–Crippen LogP) is 4.24. The van der Waals surface area contributed by atoms with Crippen LogP contribution in [0.1, 0.15) is 33.4 Å². The average Bonchev–Trinajstić information content (AvgIpc) is 3.17. The molecule has 0 unspecified atom stereocenters. The lowest BCUT2D eigenvalue weighted by Crippen LogP contribution is -2.32. The largest absolute Gasteiger partial charge is 0.485 e. The van der Waals surface area contributed by atoms with Gasteiger partial charge in [0.15, 0.2) is 23.0 Å². The highest BCUT2D eigenvalue weighted by atomic mass is 19.2. The molecule has 34 heavy (non-hydrogen) atoms. The molecule has 6 nitrogen and oxygen atoms in total. The SMILES string of the molecule is Cc1nc2c(OCc3c(F)ccc(F)c3F)cccn2c1C(=O)N[C@@H](CO)c1ccc(F)cc1. The molecule has 0 aliphatic rings. The maximum absolute atomic E-state index is 14.0. The van der Waals surface area contributed by atoms with E-state index in [1.54, 1.807) is 19.2 Å². The summed E-state index contributed by atoms with van der Waals surface area (Å²) in [5, 5.41) is 12.4. The third-order valence-corrected chi connectivity index (χ3v) is 5.27. The molecule has 176 valence electrons. The van der Waals surface area contributed by atoms with E-state index in [1.807, 2.05) is 0 Å². The van der Waals surface area contributed by atoms with Crippen LogP contribution in [0, 0.1) is 30.2 Å². The maximum Gasteiger partial charge on any atom is 0.270 e. The number of aromatic nitrogens is 2. The van der Waals surface area contributed by atoms with Gasteiger partial charge < -0.3 is 15.2 Å². The molecule has 2 aromatic carbocycles. The zero-order valence-electron chi connectivity index (χ0n) is 17.9. The number of aliphatic hydroxyl groups excluding tert-OH is 1. The van der Waals surface area contributed by atoms with Crippen molar-refractivity contribution in [2.45, 2.75) is 19.6 Å². The molecular weight excluding hydrogens is 454 g/mol. The van der Waals surface area contributed by atoms with Crippen molar-refractivity contribution in [1.82, 2.24) is 14.7 Å². The molecule has 2 heterocycles. The van der Waals surface area contributed by atoms with E-state index in [4.69, 9.17) is 4.74 Å². The molecule has 0 saturated carbocycles. The number of rotatable bonds is 7. The Morgan fingerprint density at radius 1 is 1.09 bits per heavy atom. The van der Waals surface area contributed by atoms with Gasteiger partial charge in [0.05, 0.1) is 23.9 Å². The summed E-state index contributed by atoms with van der Waals surface area (Å²) in [7, 11) is 0. The number of benzene rings is 2. The Morgan fingerprint density at radius 2 is 1.79 bits per heavy atom. The fraction of sp³-hybridized carbons (Fsp3) is 0.167. The molecule has 0 bridgehead atoms. The summed E-state index contributed by atoms with van der Waals surface area (Å²) in [6, 6.07) is 9.08. The van der Waals surface area contributed by atoms with Crippen molar-refractivity contribution in [2.24, 2.45) is 0 Å². The standard InChI is InChI=1S/C24H19F4N3O3/c1-13-22(24(33)30-19(11-32)14-4-6-15(25)7-5-14)31-10-2-3-20(23(31)29-13)34-12-16-17(26)8-9-18(27)21(16)28/h2-10,19,32H,11-12H2,1H3,(H,30,33)/t19-/m0/s1. The van der Waals surface area contributed by atoms with E-state index in [-0.39, 0.29) is 17.1 Å². The number of aryl methyl sites for hydroxylation is 1. The summed E-state index contributed by atoms with van der Waals surface area (Å²) in [4.78, 5) is 17.4. The van der Waals surface area contributed by atoms with E-state index in [0.717, 1.165) is 6.07 Å². The maximum atomic E-state index is 14.0. The molecule has 0 spiro atoms.